The standard InChI is InChI=1S/C13H20ClNO/c1-10(9-16-3)8-13(15-2)11-4-6-12(14)7-5-11/h4-7,10,13,15H,8-9H2,1-3H3. The molecule has 1 aromatic carbocycles. The second-order valence-corrected chi connectivity index (χ2v) is 4.63. The first kappa shape index (κ1) is 13.5. The third-order valence-electron chi connectivity index (χ3n) is 2.71. The number of halogens is 1. The van der Waals surface area contributed by atoms with E-state index in [1.165, 1.54) is 5.56 Å². The molecule has 1 aromatic rings. The van der Waals surface area contributed by atoms with Gasteiger partial charge in [-0.3, -0.25) is 0 Å². The van der Waals surface area contributed by atoms with E-state index < -0.39 is 0 Å². The van der Waals surface area contributed by atoms with Crippen LogP contribution in [0.25, 0.3) is 0 Å². The average molecular weight is 242 g/mol. The molecule has 0 bridgehead atoms. The van der Waals surface area contributed by atoms with Crippen LogP contribution in [0.3, 0.4) is 0 Å². The van der Waals surface area contributed by atoms with Gasteiger partial charge in [-0.2, -0.15) is 0 Å². The Morgan fingerprint density at radius 1 is 1.31 bits per heavy atom. The number of ether oxygens (including phenoxy) is 1. The van der Waals surface area contributed by atoms with Crippen molar-refractivity contribution in [3.05, 3.63) is 34.9 Å². The third kappa shape index (κ3) is 4.12. The van der Waals surface area contributed by atoms with Gasteiger partial charge in [-0.1, -0.05) is 30.7 Å². The maximum atomic E-state index is 5.87. The molecule has 16 heavy (non-hydrogen) atoms. The van der Waals surface area contributed by atoms with Crippen molar-refractivity contribution in [3.8, 4) is 0 Å². The quantitative estimate of drug-likeness (QED) is 0.826. The summed E-state index contributed by atoms with van der Waals surface area (Å²) in [5.74, 6) is 0.540. The molecule has 0 heterocycles. The third-order valence-corrected chi connectivity index (χ3v) is 2.96. The molecule has 3 heteroatoms. The van der Waals surface area contributed by atoms with E-state index in [9.17, 15) is 0 Å². The molecular weight excluding hydrogens is 222 g/mol. The van der Waals surface area contributed by atoms with Crippen LogP contribution >= 0.6 is 11.6 Å². The van der Waals surface area contributed by atoms with Crippen LogP contribution in [0, 0.1) is 5.92 Å². The van der Waals surface area contributed by atoms with Gasteiger partial charge in [-0.15, -0.1) is 0 Å². The molecule has 1 N–H and O–H groups in total. The van der Waals surface area contributed by atoms with Crippen LogP contribution in [-0.4, -0.2) is 20.8 Å². The van der Waals surface area contributed by atoms with Gasteiger partial charge in [0.25, 0.3) is 0 Å². The van der Waals surface area contributed by atoms with E-state index in [2.05, 4.69) is 24.4 Å². The van der Waals surface area contributed by atoms with Crippen molar-refractivity contribution in [3.63, 3.8) is 0 Å². The van der Waals surface area contributed by atoms with Gasteiger partial charge in [0.2, 0.25) is 0 Å². The first-order valence-corrected chi connectivity index (χ1v) is 5.96. The monoisotopic (exact) mass is 241 g/mol. The van der Waals surface area contributed by atoms with E-state index in [0.29, 0.717) is 12.0 Å². The van der Waals surface area contributed by atoms with Crippen molar-refractivity contribution in [1.29, 1.82) is 0 Å². The number of benzene rings is 1. The van der Waals surface area contributed by atoms with Crippen LogP contribution in [0.5, 0.6) is 0 Å². The number of nitrogens with one attached hydrogen (secondary N) is 1. The van der Waals surface area contributed by atoms with Crippen LogP contribution in [-0.2, 0) is 4.74 Å². The topological polar surface area (TPSA) is 21.3 Å². The fourth-order valence-corrected chi connectivity index (χ4v) is 2.00. The molecule has 2 nitrogen and oxygen atoms in total. The smallest absolute Gasteiger partial charge is 0.0488 e. The predicted octanol–water partition coefficient (Wildman–Crippen LogP) is 3.27. The molecule has 1 rings (SSSR count). The Morgan fingerprint density at radius 3 is 2.44 bits per heavy atom. The molecule has 0 aliphatic carbocycles. The Hall–Kier alpha value is -0.570. The molecular formula is C13H20ClNO. The van der Waals surface area contributed by atoms with Crippen molar-refractivity contribution in [2.24, 2.45) is 5.92 Å². The molecule has 0 saturated heterocycles. The second kappa shape index (κ2) is 6.89. The fourth-order valence-electron chi connectivity index (χ4n) is 1.87. The first-order chi connectivity index (χ1) is 7.67. The Kier molecular flexibility index (Phi) is 5.81. The molecule has 2 atom stereocenters. The van der Waals surface area contributed by atoms with Crippen LogP contribution in [0.1, 0.15) is 24.9 Å². The Labute approximate surface area is 103 Å². The van der Waals surface area contributed by atoms with Gasteiger partial charge >= 0.3 is 0 Å². The summed E-state index contributed by atoms with van der Waals surface area (Å²) >= 11 is 5.87. The van der Waals surface area contributed by atoms with Crippen molar-refractivity contribution in [2.75, 3.05) is 20.8 Å². The molecule has 0 aromatic heterocycles. The van der Waals surface area contributed by atoms with Gasteiger partial charge < -0.3 is 10.1 Å². The minimum absolute atomic E-state index is 0.363. The largest absolute Gasteiger partial charge is 0.384 e. The number of methoxy groups -OCH3 is 1. The lowest BCUT2D eigenvalue weighted by atomic mass is 9.96. The second-order valence-electron chi connectivity index (χ2n) is 4.19. The highest BCUT2D eigenvalue weighted by molar-refractivity contribution is 6.30. The molecule has 2 unspecified atom stereocenters. The number of hydrogen-bond donors (Lipinski definition) is 1. The average Bonchev–Trinajstić information content (AvgIpc) is 2.27. The minimum Gasteiger partial charge on any atom is -0.384 e. The van der Waals surface area contributed by atoms with Crippen molar-refractivity contribution in [2.45, 2.75) is 19.4 Å². The fraction of sp³-hybridized carbons (Fsp3) is 0.538. The van der Waals surface area contributed by atoms with Gasteiger partial charge in [-0.05, 0) is 37.1 Å². The van der Waals surface area contributed by atoms with E-state index in [1.807, 2.05) is 19.2 Å². The van der Waals surface area contributed by atoms with E-state index >= 15 is 0 Å². The van der Waals surface area contributed by atoms with E-state index in [0.717, 1.165) is 18.1 Å². The summed E-state index contributed by atoms with van der Waals surface area (Å²) in [6.45, 7) is 3.00. The zero-order valence-electron chi connectivity index (χ0n) is 10.2. The van der Waals surface area contributed by atoms with Gasteiger partial charge in [0.05, 0.1) is 0 Å². The summed E-state index contributed by atoms with van der Waals surface area (Å²) in [5, 5.41) is 4.11. The van der Waals surface area contributed by atoms with Gasteiger partial charge in [0.1, 0.15) is 0 Å². The zero-order chi connectivity index (χ0) is 12.0. The lowest BCUT2D eigenvalue weighted by molar-refractivity contribution is 0.150. The summed E-state index contributed by atoms with van der Waals surface area (Å²) in [6.07, 6.45) is 1.06. The highest BCUT2D eigenvalue weighted by atomic mass is 35.5. The molecule has 0 radical (unpaired) electrons. The van der Waals surface area contributed by atoms with Crippen LogP contribution < -0.4 is 5.32 Å². The van der Waals surface area contributed by atoms with E-state index in [4.69, 9.17) is 16.3 Å². The maximum absolute atomic E-state index is 5.87. The molecule has 0 fully saturated rings. The van der Waals surface area contributed by atoms with Gasteiger partial charge in [0, 0.05) is 24.8 Å². The Bertz CT molecular complexity index is 299. The Balaban J connectivity index is 2.63. The van der Waals surface area contributed by atoms with Crippen molar-refractivity contribution in [1.82, 2.24) is 5.32 Å². The van der Waals surface area contributed by atoms with Crippen molar-refractivity contribution < 1.29 is 4.74 Å². The highest BCUT2D eigenvalue weighted by Crippen LogP contribution is 2.22. The van der Waals surface area contributed by atoms with E-state index in [-0.39, 0.29) is 0 Å². The zero-order valence-corrected chi connectivity index (χ0v) is 10.9. The van der Waals surface area contributed by atoms with Crippen molar-refractivity contribution >= 4 is 11.6 Å². The van der Waals surface area contributed by atoms with Crippen LogP contribution in [0.2, 0.25) is 5.02 Å². The molecule has 0 aliphatic heterocycles. The van der Waals surface area contributed by atoms with Gasteiger partial charge in [-0.25, -0.2) is 0 Å². The molecule has 0 aliphatic rings. The summed E-state index contributed by atoms with van der Waals surface area (Å²) in [6, 6.07) is 8.37. The van der Waals surface area contributed by atoms with Gasteiger partial charge in [0.15, 0.2) is 0 Å². The predicted molar refractivity (Wildman–Crippen MR) is 68.9 cm³/mol. The van der Waals surface area contributed by atoms with Crippen LogP contribution in [0.4, 0.5) is 0 Å². The number of rotatable bonds is 6. The molecule has 0 spiro atoms. The Morgan fingerprint density at radius 2 is 1.94 bits per heavy atom. The van der Waals surface area contributed by atoms with E-state index in [1.54, 1.807) is 7.11 Å². The maximum Gasteiger partial charge on any atom is 0.0488 e. The summed E-state index contributed by atoms with van der Waals surface area (Å²) in [5.41, 5.74) is 1.27. The van der Waals surface area contributed by atoms with Crippen LogP contribution in [0.15, 0.2) is 24.3 Å². The number of hydrogen-bond acceptors (Lipinski definition) is 2. The summed E-state index contributed by atoms with van der Waals surface area (Å²) in [7, 11) is 3.73. The minimum atomic E-state index is 0.363. The highest BCUT2D eigenvalue weighted by Gasteiger charge is 2.13. The lowest BCUT2D eigenvalue weighted by Gasteiger charge is -2.20. The SMILES string of the molecule is CNC(CC(C)COC)c1ccc(Cl)cc1. The molecule has 90 valence electrons. The molecule has 0 amide bonds. The normalized spacial score (nSPS) is 14.8. The molecule has 0 saturated carbocycles. The first-order valence-electron chi connectivity index (χ1n) is 5.59. The lowest BCUT2D eigenvalue weighted by Crippen LogP contribution is -2.20. The summed E-state index contributed by atoms with van der Waals surface area (Å²) in [4.78, 5) is 0. The summed E-state index contributed by atoms with van der Waals surface area (Å²) < 4.78 is 5.16.